The maximum absolute atomic E-state index is 2.29. The first-order valence-corrected chi connectivity index (χ1v) is 7.10. The Hall–Kier alpha value is -0.260. The fraction of sp³-hybridized carbons (Fsp3) is 0.867. The molecule has 1 atom stereocenters. The van der Waals surface area contributed by atoms with Crippen LogP contribution in [0.15, 0.2) is 11.1 Å². The normalized spacial score (nSPS) is 24.2. The third-order valence-electron chi connectivity index (χ3n) is 4.26. The van der Waals surface area contributed by atoms with Crippen molar-refractivity contribution in [2.24, 2.45) is 5.92 Å². The second kappa shape index (κ2) is 5.72. The average molecular weight is 206 g/mol. The van der Waals surface area contributed by atoms with Gasteiger partial charge >= 0.3 is 0 Å². The minimum atomic E-state index is 1.08. The number of fused-ring (bicyclic) bond motifs is 2. The van der Waals surface area contributed by atoms with Crippen molar-refractivity contribution in [3.8, 4) is 0 Å². The third-order valence-corrected chi connectivity index (χ3v) is 4.26. The van der Waals surface area contributed by atoms with Gasteiger partial charge in [-0.3, -0.25) is 0 Å². The second-order valence-corrected chi connectivity index (χ2v) is 5.54. The fourth-order valence-corrected chi connectivity index (χ4v) is 3.32. The summed E-state index contributed by atoms with van der Waals surface area (Å²) in [7, 11) is 0. The Morgan fingerprint density at radius 1 is 1.00 bits per heavy atom. The highest BCUT2D eigenvalue weighted by molar-refractivity contribution is 5.25. The van der Waals surface area contributed by atoms with Gasteiger partial charge in [-0.25, -0.2) is 0 Å². The van der Waals surface area contributed by atoms with Crippen LogP contribution in [0.1, 0.15) is 77.6 Å². The van der Waals surface area contributed by atoms with Crippen molar-refractivity contribution in [3.05, 3.63) is 11.1 Å². The molecule has 0 heterocycles. The van der Waals surface area contributed by atoms with Crippen molar-refractivity contribution < 1.29 is 0 Å². The standard InChI is InChI=1S/C15H26/c1-2-3-4-5-6-7-8-14-11-13-9-10-15(14)12-13/h13H,2-12H2,1H3. The van der Waals surface area contributed by atoms with Gasteiger partial charge < -0.3 is 0 Å². The highest BCUT2D eigenvalue weighted by Crippen LogP contribution is 2.45. The summed E-state index contributed by atoms with van der Waals surface area (Å²) in [4.78, 5) is 0. The summed E-state index contributed by atoms with van der Waals surface area (Å²) in [5.74, 6) is 1.08. The van der Waals surface area contributed by atoms with Gasteiger partial charge in [-0.2, -0.15) is 0 Å². The first-order chi connectivity index (χ1) is 7.40. The smallest absolute Gasteiger partial charge is 0.0286 e. The molecular weight excluding hydrogens is 180 g/mol. The first kappa shape index (κ1) is 11.2. The molecule has 2 bridgehead atoms. The van der Waals surface area contributed by atoms with Gasteiger partial charge in [0.25, 0.3) is 0 Å². The lowest BCUT2D eigenvalue weighted by atomic mass is 9.95. The summed E-state index contributed by atoms with van der Waals surface area (Å²) in [6, 6.07) is 0. The van der Waals surface area contributed by atoms with Gasteiger partial charge in [0.05, 0.1) is 0 Å². The van der Waals surface area contributed by atoms with Crippen LogP contribution in [0.5, 0.6) is 0 Å². The predicted octanol–water partition coefficient (Wildman–Crippen LogP) is 5.24. The van der Waals surface area contributed by atoms with E-state index in [1.165, 1.54) is 70.6 Å². The van der Waals surface area contributed by atoms with Gasteiger partial charge in [0, 0.05) is 0 Å². The highest BCUT2D eigenvalue weighted by Gasteiger charge is 2.29. The van der Waals surface area contributed by atoms with Crippen molar-refractivity contribution in [3.63, 3.8) is 0 Å². The number of hydrogen-bond acceptors (Lipinski definition) is 0. The topological polar surface area (TPSA) is 0 Å². The van der Waals surface area contributed by atoms with Crippen molar-refractivity contribution in [2.45, 2.75) is 77.6 Å². The molecule has 0 aromatic rings. The molecule has 0 amide bonds. The maximum atomic E-state index is 2.29. The van der Waals surface area contributed by atoms with Crippen LogP contribution >= 0.6 is 0 Å². The van der Waals surface area contributed by atoms with Crippen LogP contribution < -0.4 is 0 Å². The first-order valence-electron chi connectivity index (χ1n) is 7.10. The van der Waals surface area contributed by atoms with E-state index in [-0.39, 0.29) is 0 Å². The SMILES string of the molecule is CCCCCCCCC1=C2CCC(C1)C2. The number of unbranched alkanes of at least 4 members (excludes halogenated alkanes) is 5. The Bertz CT molecular complexity index is 224. The van der Waals surface area contributed by atoms with Crippen molar-refractivity contribution in [1.29, 1.82) is 0 Å². The minimum Gasteiger partial charge on any atom is -0.0707 e. The van der Waals surface area contributed by atoms with Crippen molar-refractivity contribution in [2.75, 3.05) is 0 Å². The average Bonchev–Trinajstić information content (AvgIpc) is 2.85. The van der Waals surface area contributed by atoms with Gasteiger partial charge in [-0.05, 0) is 44.4 Å². The molecule has 15 heavy (non-hydrogen) atoms. The van der Waals surface area contributed by atoms with Gasteiger partial charge in [0.1, 0.15) is 0 Å². The molecule has 2 aliphatic carbocycles. The van der Waals surface area contributed by atoms with Crippen LogP contribution in [0, 0.1) is 5.92 Å². The van der Waals surface area contributed by atoms with E-state index >= 15 is 0 Å². The highest BCUT2D eigenvalue weighted by atomic mass is 14.3. The molecule has 0 saturated heterocycles. The van der Waals surface area contributed by atoms with E-state index in [9.17, 15) is 0 Å². The molecule has 2 aliphatic rings. The van der Waals surface area contributed by atoms with Gasteiger partial charge in [-0.15, -0.1) is 0 Å². The molecule has 1 fully saturated rings. The molecule has 0 aliphatic heterocycles. The van der Waals surface area contributed by atoms with Crippen LogP contribution in [-0.2, 0) is 0 Å². The molecule has 0 aromatic carbocycles. The van der Waals surface area contributed by atoms with Gasteiger partial charge in [0.2, 0.25) is 0 Å². The summed E-state index contributed by atoms with van der Waals surface area (Å²) in [5.41, 5.74) is 3.75. The zero-order valence-electron chi connectivity index (χ0n) is 10.4. The Kier molecular flexibility index (Phi) is 4.29. The van der Waals surface area contributed by atoms with Crippen LogP contribution in [0.3, 0.4) is 0 Å². The number of rotatable bonds is 7. The van der Waals surface area contributed by atoms with Crippen molar-refractivity contribution in [1.82, 2.24) is 0 Å². The number of hydrogen-bond donors (Lipinski definition) is 0. The summed E-state index contributed by atoms with van der Waals surface area (Å²) in [6.07, 6.45) is 16.0. The molecule has 1 saturated carbocycles. The van der Waals surface area contributed by atoms with E-state index in [2.05, 4.69) is 6.92 Å². The predicted molar refractivity (Wildman–Crippen MR) is 67.0 cm³/mol. The molecule has 0 N–H and O–H groups in total. The van der Waals surface area contributed by atoms with E-state index in [1.807, 2.05) is 11.1 Å². The molecule has 0 aromatic heterocycles. The Morgan fingerprint density at radius 3 is 2.47 bits per heavy atom. The minimum absolute atomic E-state index is 1.08. The summed E-state index contributed by atoms with van der Waals surface area (Å²) < 4.78 is 0. The molecule has 2 rings (SSSR count). The molecule has 0 heteroatoms. The van der Waals surface area contributed by atoms with Gasteiger partial charge in [-0.1, -0.05) is 50.2 Å². The molecule has 1 unspecified atom stereocenters. The lowest BCUT2D eigenvalue weighted by Gasteiger charge is -2.11. The molecule has 0 spiro atoms. The van der Waals surface area contributed by atoms with Gasteiger partial charge in [0.15, 0.2) is 0 Å². The van der Waals surface area contributed by atoms with E-state index in [1.54, 1.807) is 0 Å². The van der Waals surface area contributed by atoms with E-state index in [0.29, 0.717) is 0 Å². The second-order valence-electron chi connectivity index (χ2n) is 5.54. The maximum Gasteiger partial charge on any atom is -0.0286 e. The molecular formula is C15H26. The zero-order chi connectivity index (χ0) is 10.5. The van der Waals surface area contributed by atoms with Crippen LogP contribution in [0.25, 0.3) is 0 Å². The van der Waals surface area contributed by atoms with Crippen LogP contribution in [0.4, 0.5) is 0 Å². The Morgan fingerprint density at radius 2 is 1.80 bits per heavy atom. The monoisotopic (exact) mass is 206 g/mol. The molecule has 0 nitrogen and oxygen atoms in total. The van der Waals surface area contributed by atoms with E-state index in [0.717, 1.165) is 5.92 Å². The largest absolute Gasteiger partial charge is 0.0707 e. The lowest BCUT2D eigenvalue weighted by molar-refractivity contribution is 0.542. The fourth-order valence-electron chi connectivity index (χ4n) is 3.32. The molecule has 0 radical (unpaired) electrons. The van der Waals surface area contributed by atoms with Crippen LogP contribution in [0.2, 0.25) is 0 Å². The number of allylic oxidation sites excluding steroid dienone is 2. The van der Waals surface area contributed by atoms with E-state index in [4.69, 9.17) is 0 Å². The Balaban J connectivity index is 1.55. The molecule has 86 valence electrons. The Labute approximate surface area is 95.1 Å². The van der Waals surface area contributed by atoms with E-state index < -0.39 is 0 Å². The quantitative estimate of drug-likeness (QED) is 0.395. The lowest BCUT2D eigenvalue weighted by Crippen LogP contribution is -1.94. The van der Waals surface area contributed by atoms with Crippen molar-refractivity contribution >= 4 is 0 Å². The third kappa shape index (κ3) is 3.09. The zero-order valence-corrected chi connectivity index (χ0v) is 10.4. The summed E-state index contributed by atoms with van der Waals surface area (Å²) in [5, 5.41) is 0. The van der Waals surface area contributed by atoms with Crippen LogP contribution in [-0.4, -0.2) is 0 Å². The summed E-state index contributed by atoms with van der Waals surface area (Å²) >= 11 is 0. The summed E-state index contributed by atoms with van der Waals surface area (Å²) in [6.45, 7) is 2.29.